The van der Waals surface area contributed by atoms with Crippen molar-refractivity contribution in [2.45, 2.75) is 81.8 Å². The molecule has 1 N–H and O–H groups in total. The smallest absolute Gasteiger partial charge is 0.273 e. The fraction of sp³-hybridized carbons (Fsp3) is 0.810. The predicted molar refractivity (Wildman–Crippen MR) is 114 cm³/mol. The van der Waals surface area contributed by atoms with Crippen LogP contribution in [0.25, 0.3) is 0 Å². The van der Waals surface area contributed by atoms with E-state index in [1.165, 1.54) is 0 Å². The van der Waals surface area contributed by atoms with Crippen LogP contribution in [-0.2, 0) is 10.0 Å². The third kappa shape index (κ3) is 5.06. The summed E-state index contributed by atoms with van der Waals surface area (Å²) >= 11 is 0. The number of carbonyl (C=O) groups excluding carboxylic acids is 1. The van der Waals surface area contributed by atoms with E-state index in [2.05, 4.69) is 15.4 Å². The quantitative estimate of drug-likeness (QED) is 0.564. The van der Waals surface area contributed by atoms with Gasteiger partial charge < -0.3 is 14.7 Å². The second-order valence-electron chi connectivity index (χ2n) is 9.43. The average Bonchev–Trinajstić information content (AvgIpc) is 3.33. The molecule has 3 aliphatic rings. The summed E-state index contributed by atoms with van der Waals surface area (Å²) in [7, 11) is 0.824. The normalized spacial score (nSPS) is 27.0. The lowest BCUT2D eigenvalue weighted by molar-refractivity contribution is 0.0900. The van der Waals surface area contributed by atoms with Crippen molar-refractivity contribution in [3.63, 3.8) is 0 Å². The van der Waals surface area contributed by atoms with Crippen LogP contribution in [0.2, 0.25) is 0 Å². The van der Waals surface area contributed by atoms with Gasteiger partial charge in [0.25, 0.3) is 5.91 Å². The number of piperidine rings is 1. The van der Waals surface area contributed by atoms with Crippen LogP contribution in [0.4, 0.5) is 0 Å². The number of rotatable bonds is 10. The number of amides is 1. The zero-order chi connectivity index (χ0) is 21.3. The van der Waals surface area contributed by atoms with Crippen molar-refractivity contribution < 1.29 is 17.7 Å². The molecule has 2 bridgehead atoms. The summed E-state index contributed by atoms with van der Waals surface area (Å²) in [4.78, 5) is 14.7. The molecule has 0 spiro atoms. The first-order valence-electron chi connectivity index (χ1n) is 11.3. The number of nitrogens with zero attached hydrogens (tertiary/aromatic N) is 3. The highest BCUT2D eigenvalue weighted by Crippen LogP contribution is 2.40. The van der Waals surface area contributed by atoms with Gasteiger partial charge in [0.2, 0.25) is 10.0 Å². The molecule has 8 nitrogen and oxygen atoms in total. The van der Waals surface area contributed by atoms with Gasteiger partial charge in [-0.1, -0.05) is 11.6 Å². The van der Waals surface area contributed by atoms with Gasteiger partial charge in [-0.25, -0.2) is 8.42 Å². The minimum atomic E-state index is -3.24. The molecular formula is C21H34N4O4S. The Morgan fingerprint density at radius 1 is 1.17 bits per heavy atom. The van der Waals surface area contributed by atoms with Gasteiger partial charge >= 0.3 is 0 Å². The Morgan fingerprint density at radius 2 is 1.87 bits per heavy atom. The van der Waals surface area contributed by atoms with Gasteiger partial charge in [-0.05, 0) is 72.0 Å². The maximum absolute atomic E-state index is 13.0. The molecule has 3 heterocycles. The molecule has 9 heteroatoms. The number of sulfonamides is 1. The van der Waals surface area contributed by atoms with Crippen LogP contribution in [0.15, 0.2) is 10.6 Å². The Balaban J connectivity index is 1.28. The number of hydrogen-bond donors (Lipinski definition) is 1. The van der Waals surface area contributed by atoms with E-state index in [-0.39, 0.29) is 29.8 Å². The topological polar surface area (TPSA) is 95.8 Å². The monoisotopic (exact) mass is 438 g/mol. The van der Waals surface area contributed by atoms with Crippen LogP contribution in [0, 0.1) is 0 Å². The lowest BCUT2D eigenvalue weighted by Crippen LogP contribution is -2.52. The second-order valence-corrected chi connectivity index (χ2v) is 11.4. The van der Waals surface area contributed by atoms with E-state index < -0.39 is 10.0 Å². The Kier molecular flexibility index (Phi) is 6.50. The molecule has 1 amide bonds. The van der Waals surface area contributed by atoms with E-state index in [1.54, 1.807) is 10.4 Å². The van der Waals surface area contributed by atoms with Crippen molar-refractivity contribution in [3.05, 3.63) is 17.5 Å². The molecule has 1 saturated carbocycles. The number of fused-ring (bicyclic) bond motifs is 2. The third-order valence-electron chi connectivity index (χ3n) is 6.57. The minimum Gasteiger partial charge on any atom is -0.360 e. The first-order valence-corrected chi connectivity index (χ1v) is 12.9. The fourth-order valence-electron chi connectivity index (χ4n) is 4.92. The Bertz CT molecular complexity index is 835. The van der Waals surface area contributed by atoms with Gasteiger partial charge in [-0.15, -0.1) is 0 Å². The zero-order valence-corrected chi connectivity index (χ0v) is 18.9. The van der Waals surface area contributed by atoms with Gasteiger partial charge in [-0.3, -0.25) is 4.79 Å². The fourth-order valence-corrected chi connectivity index (χ4v) is 6.99. The Labute approximate surface area is 179 Å². The van der Waals surface area contributed by atoms with Gasteiger partial charge in [0.05, 0.1) is 5.75 Å². The lowest BCUT2D eigenvalue weighted by atomic mass is 9.99. The van der Waals surface area contributed by atoms with Crippen molar-refractivity contribution in [2.75, 3.05) is 26.4 Å². The predicted octanol–water partition coefficient (Wildman–Crippen LogP) is 2.34. The molecule has 3 atom stereocenters. The molecule has 4 rings (SSSR count). The van der Waals surface area contributed by atoms with Gasteiger partial charge in [-0.2, -0.15) is 4.31 Å². The summed E-state index contributed by atoms with van der Waals surface area (Å²) in [5.41, 5.74) is 0.331. The van der Waals surface area contributed by atoms with Crippen LogP contribution in [0.3, 0.4) is 0 Å². The molecular weight excluding hydrogens is 404 g/mol. The Morgan fingerprint density at radius 3 is 2.50 bits per heavy atom. The molecule has 1 aromatic rings. The maximum atomic E-state index is 13.0. The first kappa shape index (κ1) is 21.8. The van der Waals surface area contributed by atoms with Crippen molar-refractivity contribution in [2.24, 2.45) is 0 Å². The minimum absolute atomic E-state index is 0.000147. The van der Waals surface area contributed by atoms with E-state index in [9.17, 15) is 13.2 Å². The van der Waals surface area contributed by atoms with Crippen LogP contribution in [0.1, 0.15) is 80.0 Å². The molecule has 0 radical (unpaired) electrons. The second kappa shape index (κ2) is 8.96. The molecule has 3 fully saturated rings. The third-order valence-corrected chi connectivity index (χ3v) is 8.61. The zero-order valence-electron chi connectivity index (χ0n) is 18.0. The first-order chi connectivity index (χ1) is 14.3. The SMILES string of the molecule is CN(C)CCCCCS(=O)(=O)N1[C@@H]2CC[C@H]1CC(NC(=O)c1cc(C3CC3)on1)C2. The molecule has 30 heavy (non-hydrogen) atoms. The molecule has 2 saturated heterocycles. The highest BCUT2D eigenvalue weighted by Gasteiger charge is 2.46. The molecule has 168 valence electrons. The number of aromatic nitrogens is 1. The maximum Gasteiger partial charge on any atom is 0.273 e. The number of unbranched alkanes of at least 4 members (excludes halogenated alkanes) is 2. The summed E-state index contributed by atoms with van der Waals surface area (Å²) in [6, 6.07) is 1.74. The number of hydrogen-bond acceptors (Lipinski definition) is 6. The highest BCUT2D eigenvalue weighted by molar-refractivity contribution is 7.89. The van der Waals surface area contributed by atoms with Crippen LogP contribution in [-0.4, -0.2) is 73.2 Å². The van der Waals surface area contributed by atoms with E-state index in [4.69, 9.17) is 4.52 Å². The summed E-state index contributed by atoms with van der Waals surface area (Å²) in [6.45, 7) is 0.990. The molecule has 1 aliphatic carbocycles. The van der Waals surface area contributed by atoms with Gasteiger partial charge in [0.1, 0.15) is 5.76 Å². The van der Waals surface area contributed by atoms with E-state index >= 15 is 0 Å². The largest absolute Gasteiger partial charge is 0.360 e. The van der Waals surface area contributed by atoms with Gasteiger partial charge in [0, 0.05) is 30.1 Å². The van der Waals surface area contributed by atoms with Crippen LogP contribution in [0.5, 0.6) is 0 Å². The molecule has 2 aliphatic heterocycles. The lowest BCUT2D eigenvalue weighted by Gasteiger charge is -2.38. The summed E-state index contributed by atoms with van der Waals surface area (Å²) in [5, 5.41) is 6.98. The van der Waals surface area contributed by atoms with E-state index in [0.29, 0.717) is 30.9 Å². The molecule has 0 aromatic carbocycles. The van der Waals surface area contributed by atoms with Crippen molar-refractivity contribution in [3.8, 4) is 0 Å². The van der Waals surface area contributed by atoms with Crippen molar-refractivity contribution in [1.29, 1.82) is 0 Å². The van der Waals surface area contributed by atoms with E-state index in [0.717, 1.165) is 50.8 Å². The Hall–Kier alpha value is -1.45. The average molecular weight is 439 g/mol. The summed E-state index contributed by atoms with van der Waals surface area (Å²) < 4.78 is 33.0. The summed E-state index contributed by atoms with van der Waals surface area (Å²) in [5.74, 6) is 1.23. The van der Waals surface area contributed by atoms with E-state index in [1.807, 2.05) is 14.1 Å². The highest BCUT2D eigenvalue weighted by atomic mass is 32.2. The van der Waals surface area contributed by atoms with Crippen LogP contribution >= 0.6 is 0 Å². The van der Waals surface area contributed by atoms with Crippen molar-refractivity contribution >= 4 is 15.9 Å². The number of carbonyl (C=O) groups is 1. The van der Waals surface area contributed by atoms with Crippen molar-refractivity contribution in [1.82, 2.24) is 19.7 Å². The standard InChI is InChI=1S/C21H34N4O4S/c1-24(2)10-4-3-5-11-30(27,28)25-17-8-9-18(25)13-16(12-17)22-21(26)19-14-20(29-23-19)15-6-7-15/h14-18H,3-13H2,1-2H3,(H,22,26)/t16?,17-,18+. The number of nitrogens with one attached hydrogen (secondary N) is 1. The molecule has 1 unspecified atom stereocenters. The molecule has 1 aromatic heterocycles. The van der Waals surface area contributed by atoms with Crippen LogP contribution < -0.4 is 5.32 Å². The van der Waals surface area contributed by atoms with Gasteiger partial charge in [0.15, 0.2) is 5.69 Å². The summed E-state index contributed by atoms with van der Waals surface area (Å²) in [6.07, 6.45) is 7.98.